The average molecular weight is 697 g/mol. The molecule has 2 rings (SSSR count). The average Bonchev–Trinajstić information content (AvgIpc) is 3.07. The van der Waals surface area contributed by atoms with E-state index in [2.05, 4.69) is 13.8 Å². The minimum atomic E-state index is -1.75. The van der Waals surface area contributed by atoms with Gasteiger partial charge in [0.25, 0.3) is 0 Å². The molecule has 2 heterocycles. The summed E-state index contributed by atoms with van der Waals surface area (Å²) in [7, 11) is 0. The molecule has 0 amide bonds. The SMILES string of the molecule is CCCCCCCCCC(=O)OC(COC(=O)CCCCCCC)COC1OC(COC2OC(CO)C(O)C(O)C2O)C(O)C(O)C1O. The van der Waals surface area contributed by atoms with Gasteiger partial charge < -0.3 is 64.2 Å². The number of hydrogen-bond donors (Lipinski definition) is 7. The third-order valence-corrected chi connectivity index (χ3v) is 8.59. The molecule has 2 aliphatic heterocycles. The number of rotatable bonds is 24. The lowest BCUT2D eigenvalue weighted by Crippen LogP contribution is -2.61. The van der Waals surface area contributed by atoms with Crippen LogP contribution in [-0.2, 0) is 38.0 Å². The van der Waals surface area contributed by atoms with Gasteiger partial charge in [-0.3, -0.25) is 9.59 Å². The molecule has 2 aliphatic rings. The third kappa shape index (κ3) is 14.8. The highest BCUT2D eigenvalue weighted by atomic mass is 16.7. The normalized spacial score (nSPS) is 31.4. The van der Waals surface area contributed by atoms with Crippen LogP contribution in [0.5, 0.6) is 0 Å². The molecule has 11 atom stereocenters. The van der Waals surface area contributed by atoms with E-state index in [9.17, 15) is 45.3 Å². The van der Waals surface area contributed by atoms with E-state index in [0.29, 0.717) is 12.8 Å². The summed E-state index contributed by atoms with van der Waals surface area (Å²) >= 11 is 0. The number of esters is 2. The Labute approximate surface area is 283 Å². The summed E-state index contributed by atoms with van der Waals surface area (Å²) in [5.74, 6) is -0.948. The van der Waals surface area contributed by atoms with Crippen LogP contribution in [0, 0.1) is 0 Å². The van der Waals surface area contributed by atoms with Crippen molar-refractivity contribution in [3.63, 3.8) is 0 Å². The largest absolute Gasteiger partial charge is 0.462 e. The summed E-state index contributed by atoms with van der Waals surface area (Å²) in [5.41, 5.74) is 0. The Morgan fingerprint density at radius 3 is 1.62 bits per heavy atom. The van der Waals surface area contributed by atoms with Crippen molar-refractivity contribution in [1.29, 1.82) is 0 Å². The highest BCUT2D eigenvalue weighted by molar-refractivity contribution is 5.70. The van der Waals surface area contributed by atoms with Crippen LogP contribution in [0.2, 0.25) is 0 Å². The van der Waals surface area contributed by atoms with Crippen molar-refractivity contribution in [1.82, 2.24) is 0 Å². The van der Waals surface area contributed by atoms with E-state index in [1.807, 2.05) is 0 Å². The third-order valence-electron chi connectivity index (χ3n) is 8.59. The molecule has 15 heteroatoms. The molecule has 0 aromatic rings. The Kier molecular flexibility index (Phi) is 21.2. The number of aliphatic hydroxyl groups excluding tert-OH is 7. The molecular weight excluding hydrogens is 636 g/mol. The molecule has 2 saturated heterocycles. The Bertz CT molecular complexity index is 876. The topological polar surface area (TPSA) is 231 Å². The van der Waals surface area contributed by atoms with Gasteiger partial charge >= 0.3 is 11.9 Å². The van der Waals surface area contributed by atoms with Gasteiger partial charge in [0, 0.05) is 12.8 Å². The monoisotopic (exact) mass is 696 g/mol. The molecule has 0 aromatic heterocycles. The van der Waals surface area contributed by atoms with Gasteiger partial charge in [-0.25, -0.2) is 0 Å². The van der Waals surface area contributed by atoms with Crippen LogP contribution in [0.25, 0.3) is 0 Å². The van der Waals surface area contributed by atoms with Crippen LogP contribution in [0.15, 0.2) is 0 Å². The second-order valence-electron chi connectivity index (χ2n) is 12.7. The minimum absolute atomic E-state index is 0.167. The smallest absolute Gasteiger partial charge is 0.306 e. The summed E-state index contributed by atoms with van der Waals surface area (Å²) in [6.07, 6.45) is -4.53. The number of aliphatic hydroxyl groups is 7. The van der Waals surface area contributed by atoms with Crippen LogP contribution in [0.3, 0.4) is 0 Å². The molecule has 0 aliphatic carbocycles. The van der Waals surface area contributed by atoms with Crippen LogP contribution in [-0.4, -0.2) is 142 Å². The highest BCUT2D eigenvalue weighted by Gasteiger charge is 2.47. The van der Waals surface area contributed by atoms with Crippen molar-refractivity contribution in [3.8, 4) is 0 Å². The van der Waals surface area contributed by atoms with Gasteiger partial charge in [0.05, 0.1) is 19.8 Å². The molecule has 0 aromatic carbocycles. The van der Waals surface area contributed by atoms with Gasteiger partial charge in [-0.05, 0) is 12.8 Å². The molecule has 0 spiro atoms. The van der Waals surface area contributed by atoms with Gasteiger partial charge in [-0.15, -0.1) is 0 Å². The Balaban J connectivity index is 1.95. The summed E-state index contributed by atoms with van der Waals surface area (Å²) in [4.78, 5) is 25.0. The first-order valence-electron chi connectivity index (χ1n) is 17.6. The van der Waals surface area contributed by atoms with Crippen molar-refractivity contribution in [2.24, 2.45) is 0 Å². The fourth-order valence-corrected chi connectivity index (χ4v) is 5.51. The zero-order valence-electron chi connectivity index (χ0n) is 28.5. The van der Waals surface area contributed by atoms with Crippen molar-refractivity contribution >= 4 is 11.9 Å². The predicted octanol–water partition coefficient (Wildman–Crippen LogP) is 0.583. The molecule has 0 bridgehead atoms. The number of carbonyl (C=O) groups excluding carboxylic acids is 2. The molecule has 2 fully saturated rings. The molecule has 282 valence electrons. The van der Waals surface area contributed by atoms with E-state index in [4.69, 9.17) is 28.4 Å². The van der Waals surface area contributed by atoms with Crippen molar-refractivity contribution in [2.75, 3.05) is 26.4 Å². The Morgan fingerprint density at radius 2 is 1.06 bits per heavy atom. The van der Waals surface area contributed by atoms with E-state index in [1.54, 1.807) is 0 Å². The van der Waals surface area contributed by atoms with E-state index < -0.39 is 92.7 Å². The first kappa shape index (κ1) is 42.7. The van der Waals surface area contributed by atoms with E-state index in [0.717, 1.165) is 57.8 Å². The van der Waals surface area contributed by atoms with Crippen LogP contribution in [0.4, 0.5) is 0 Å². The number of hydrogen-bond acceptors (Lipinski definition) is 15. The summed E-state index contributed by atoms with van der Waals surface area (Å²) in [6.45, 7) is 2.37. The molecule has 48 heavy (non-hydrogen) atoms. The fourth-order valence-electron chi connectivity index (χ4n) is 5.51. The second kappa shape index (κ2) is 23.8. The number of ether oxygens (including phenoxy) is 6. The van der Waals surface area contributed by atoms with E-state index >= 15 is 0 Å². The van der Waals surface area contributed by atoms with Gasteiger partial charge in [0.15, 0.2) is 18.7 Å². The van der Waals surface area contributed by atoms with E-state index in [1.165, 1.54) is 6.42 Å². The van der Waals surface area contributed by atoms with Crippen molar-refractivity contribution in [2.45, 2.75) is 171 Å². The maximum atomic E-state index is 12.6. The predicted molar refractivity (Wildman–Crippen MR) is 169 cm³/mol. The van der Waals surface area contributed by atoms with Crippen LogP contribution in [0.1, 0.15) is 104 Å². The molecule has 0 saturated carbocycles. The second-order valence-corrected chi connectivity index (χ2v) is 12.7. The summed E-state index contributed by atoms with van der Waals surface area (Å²) in [5, 5.41) is 71.1. The number of unbranched alkanes of at least 4 members (excludes halogenated alkanes) is 10. The lowest BCUT2D eigenvalue weighted by atomic mass is 9.98. The standard InChI is InChI=1S/C33H60O15/c1-3-5-7-9-10-12-14-16-25(36)46-21(18-43-24(35)15-13-11-8-6-4-2)19-44-32-31(42)29(40)27(38)23(48-32)20-45-33-30(41)28(39)26(37)22(17-34)47-33/h21-23,26-34,37-42H,3-20H2,1-2H3. The van der Waals surface area contributed by atoms with Crippen LogP contribution >= 0.6 is 0 Å². The van der Waals surface area contributed by atoms with Gasteiger partial charge in [-0.1, -0.05) is 78.1 Å². The van der Waals surface area contributed by atoms with Crippen molar-refractivity contribution in [3.05, 3.63) is 0 Å². The van der Waals surface area contributed by atoms with Gasteiger partial charge in [-0.2, -0.15) is 0 Å². The zero-order valence-corrected chi connectivity index (χ0v) is 28.5. The zero-order chi connectivity index (χ0) is 35.5. The molecule has 7 N–H and O–H groups in total. The Morgan fingerprint density at radius 1 is 0.583 bits per heavy atom. The number of carbonyl (C=O) groups is 2. The highest BCUT2D eigenvalue weighted by Crippen LogP contribution is 2.26. The quantitative estimate of drug-likeness (QED) is 0.0541. The maximum Gasteiger partial charge on any atom is 0.306 e. The first-order chi connectivity index (χ1) is 23.0. The fraction of sp³-hybridized carbons (Fsp3) is 0.939. The van der Waals surface area contributed by atoms with Crippen LogP contribution < -0.4 is 0 Å². The summed E-state index contributed by atoms with van der Waals surface area (Å²) < 4.78 is 33.0. The molecule has 15 nitrogen and oxygen atoms in total. The van der Waals surface area contributed by atoms with E-state index in [-0.39, 0.29) is 26.1 Å². The lowest BCUT2D eigenvalue weighted by molar-refractivity contribution is -0.332. The summed E-state index contributed by atoms with van der Waals surface area (Å²) in [6, 6.07) is 0. The van der Waals surface area contributed by atoms with Gasteiger partial charge in [0.2, 0.25) is 0 Å². The molecule has 11 unspecified atom stereocenters. The minimum Gasteiger partial charge on any atom is -0.462 e. The van der Waals surface area contributed by atoms with Gasteiger partial charge in [0.1, 0.15) is 55.4 Å². The lowest BCUT2D eigenvalue weighted by Gasteiger charge is -2.42. The first-order valence-corrected chi connectivity index (χ1v) is 17.6. The van der Waals surface area contributed by atoms with Crippen molar-refractivity contribution < 1.29 is 73.8 Å². The molecule has 0 radical (unpaired) electrons. The Hall–Kier alpha value is -1.50. The maximum absolute atomic E-state index is 12.6. The molecular formula is C33H60O15.